The third-order valence-corrected chi connectivity index (χ3v) is 7.64. The maximum absolute atomic E-state index is 14.5. The maximum atomic E-state index is 14.5. The largest absolute Gasteiger partial charge is 0.469 e. The van der Waals surface area contributed by atoms with Crippen LogP contribution in [0.5, 0.6) is 0 Å². The van der Waals surface area contributed by atoms with Crippen LogP contribution in [0, 0.1) is 11.8 Å². The molecule has 2 unspecified atom stereocenters. The number of Topliss-reactive ketones (excluding diaryl/α,β-unsaturated/α-hetero) is 1. The predicted molar refractivity (Wildman–Crippen MR) is 106 cm³/mol. The summed E-state index contributed by atoms with van der Waals surface area (Å²) in [6, 6.07) is 0. The lowest BCUT2D eigenvalue weighted by Gasteiger charge is -2.43. The quantitative estimate of drug-likeness (QED) is 0.311. The Morgan fingerprint density at radius 3 is 2.82 bits per heavy atom. The van der Waals surface area contributed by atoms with Crippen molar-refractivity contribution in [3.8, 4) is 0 Å². The summed E-state index contributed by atoms with van der Waals surface area (Å²) in [5, 5.41) is 10.4. The summed E-state index contributed by atoms with van der Waals surface area (Å²) in [4.78, 5) is 21.5. The number of esters is 1. The zero-order chi connectivity index (χ0) is 20.8. The van der Waals surface area contributed by atoms with Crippen LogP contribution in [-0.4, -0.2) is 40.1 Å². The molecule has 1 saturated heterocycles. The van der Waals surface area contributed by atoms with E-state index in [0.29, 0.717) is 38.5 Å². The SMILES string of the molecule is CCCCC(F)(F)C1(O)CC[C@@H]2C(C/C=C\CCCC(=O)OC)C(=O)C[C@H]2S1. The molecular formula is C21H32F2O4S. The van der Waals surface area contributed by atoms with Crippen molar-refractivity contribution in [3.63, 3.8) is 0 Å². The molecule has 7 heteroatoms. The summed E-state index contributed by atoms with van der Waals surface area (Å²) < 4.78 is 33.7. The number of alkyl halides is 2. The molecule has 2 fully saturated rings. The van der Waals surface area contributed by atoms with Crippen LogP contribution in [0.1, 0.15) is 71.1 Å². The molecule has 4 nitrogen and oxygen atoms in total. The van der Waals surface area contributed by atoms with Crippen molar-refractivity contribution in [3.05, 3.63) is 12.2 Å². The van der Waals surface area contributed by atoms with Gasteiger partial charge in [0.1, 0.15) is 5.78 Å². The van der Waals surface area contributed by atoms with Gasteiger partial charge in [0.25, 0.3) is 5.92 Å². The van der Waals surface area contributed by atoms with Gasteiger partial charge >= 0.3 is 5.97 Å². The second kappa shape index (κ2) is 10.2. The monoisotopic (exact) mass is 418 g/mol. The van der Waals surface area contributed by atoms with E-state index in [2.05, 4.69) is 4.74 Å². The summed E-state index contributed by atoms with van der Waals surface area (Å²) >= 11 is 0.932. The van der Waals surface area contributed by atoms with Crippen molar-refractivity contribution in [2.45, 2.75) is 87.2 Å². The Kier molecular flexibility index (Phi) is 8.49. The molecule has 1 aliphatic heterocycles. The van der Waals surface area contributed by atoms with Gasteiger partial charge in [0.05, 0.1) is 7.11 Å². The summed E-state index contributed by atoms with van der Waals surface area (Å²) in [7, 11) is 1.36. The molecular weight excluding hydrogens is 386 g/mol. The number of ketones is 1. The standard InChI is InChI=1S/C21H32F2O4S/c1-3-4-12-20(22,23)21(26)13-11-16-15(17(24)14-18(16)28-21)9-7-5-6-8-10-19(25)27-2/h5,7,15-16,18,26H,3-4,6,8-14H2,1-2H3/b7-5-/t15?,16-,18-,21?/m1/s1. The van der Waals surface area contributed by atoms with Crippen molar-refractivity contribution < 1.29 is 28.2 Å². The fraction of sp³-hybridized carbons (Fsp3) is 0.810. The molecule has 4 atom stereocenters. The van der Waals surface area contributed by atoms with Gasteiger partial charge in [0.15, 0.2) is 4.93 Å². The molecule has 0 amide bonds. The van der Waals surface area contributed by atoms with E-state index in [1.54, 1.807) is 0 Å². The first kappa shape index (κ1) is 23.3. The highest BCUT2D eigenvalue weighted by Gasteiger charge is 2.59. The molecule has 0 spiro atoms. The number of thioether (sulfide) groups is 1. The van der Waals surface area contributed by atoms with Crippen LogP contribution in [0.2, 0.25) is 0 Å². The number of ether oxygens (including phenoxy) is 1. The molecule has 1 N–H and O–H groups in total. The van der Waals surface area contributed by atoms with Gasteiger partial charge in [-0.3, -0.25) is 9.59 Å². The van der Waals surface area contributed by atoms with Crippen molar-refractivity contribution in [1.82, 2.24) is 0 Å². The number of carbonyl (C=O) groups is 2. The summed E-state index contributed by atoms with van der Waals surface area (Å²) in [6.45, 7) is 1.85. The first-order valence-electron chi connectivity index (χ1n) is 10.3. The number of hydrogen-bond acceptors (Lipinski definition) is 5. The number of allylic oxidation sites excluding steroid dienone is 2. The smallest absolute Gasteiger partial charge is 0.305 e. The molecule has 0 aromatic carbocycles. The third-order valence-electron chi connectivity index (χ3n) is 5.93. The molecule has 2 rings (SSSR count). The number of hydrogen-bond donors (Lipinski definition) is 1. The Morgan fingerprint density at radius 1 is 1.39 bits per heavy atom. The molecule has 28 heavy (non-hydrogen) atoms. The highest BCUT2D eigenvalue weighted by Crippen LogP contribution is 2.56. The highest BCUT2D eigenvalue weighted by atomic mass is 32.2. The highest BCUT2D eigenvalue weighted by molar-refractivity contribution is 8.01. The van der Waals surface area contributed by atoms with Gasteiger partial charge in [0, 0.05) is 30.4 Å². The zero-order valence-corrected chi connectivity index (χ0v) is 17.6. The van der Waals surface area contributed by atoms with E-state index >= 15 is 0 Å². The molecule has 2 aliphatic rings. The van der Waals surface area contributed by atoms with Gasteiger partial charge in [-0.15, -0.1) is 11.8 Å². The lowest BCUT2D eigenvalue weighted by atomic mass is 9.85. The van der Waals surface area contributed by atoms with Gasteiger partial charge in [-0.1, -0.05) is 25.5 Å². The first-order valence-corrected chi connectivity index (χ1v) is 11.1. The van der Waals surface area contributed by atoms with E-state index in [9.17, 15) is 23.5 Å². The molecule has 0 bridgehead atoms. The van der Waals surface area contributed by atoms with E-state index in [4.69, 9.17) is 0 Å². The minimum Gasteiger partial charge on any atom is -0.469 e. The van der Waals surface area contributed by atoms with Gasteiger partial charge in [0.2, 0.25) is 0 Å². The lowest BCUT2D eigenvalue weighted by molar-refractivity contribution is -0.142. The van der Waals surface area contributed by atoms with Crippen LogP contribution in [-0.2, 0) is 14.3 Å². The fourth-order valence-corrected chi connectivity index (χ4v) is 5.94. The van der Waals surface area contributed by atoms with E-state index in [-0.39, 0.29) is 48.1 Å². The molecule has 0 aromatic rings. The van der Waals surface area contributed by atoms with E-state index in [0.717, 1.165) is 18.2 Å². The van der Waals surface area contributed by atoms with E-state index in [1.807, 2.05) is 19.1 Å². The second-order valence-electron chi connectivity index (χ2n) is 7.90. The normalized spacial score (nSPS) is 30.6. The van der Waals surface area contributed by atoms with Crippen molar-refractivity contribution in [2.75, 3.05) is 7.11 Å². The third kappa shape index (κ3) is 5.56. The lowest BCUT2D eigenvalue weighted by Crippen LogP contribution is -2.50. The number of halogens is 2. The van der Waals surface area contributed by atoms with Gasteiger partial charge in [-0.05, 0) is 44.4 Å². The Bertz CT molecular complexity index is 581. The predicted octanol–water partition coefficient (Wildman–Crippen LogP) is 4.89. The number of aliphatic hydroxyl groups is 1. The zero-order valence-electron chi connectivity index (χ0n) is 16.8. The molecule has 1 aliphatic carbocycles. The Hall–Kier alpha value is -0.950. The number of rotatable bonds is 10. The molecule has 1 heterocycles. The fourth-order valence-electron chi connectivity index (χ4n) is 4.18. The number of fused-ring (bicyclic) bond motifs is 1. The van der Waals surface area contributed by atoms with E-state index in [1.165, 1.54) is 7.11 Å². The van der Waals surface area contributed by atoms with Crippen molar-refractivity contribution in [1.29, 1.82) is 0 Å². The summed E-state index contributed by atoms with van der Waals surface area (Å²) in [6.07, 6.45) is 7.83. The average molecular weight is 419 g/mol. The van der Waals surface area contributed by atoms with Crippen LogP contribution >= 0.6 is 11.8 Å². The van der Waals surface area contributed by atoms with Crippen LogP contribution in [0.15, 0.2) is 12.2 Å². The minimum atomic E-state index is -3.13. The average Bonchev–Trinajstić information content (AvgIpc) is 2.96. The van der Waals surface area contributed by atoms with Crippen LogP contribution in [0.3, 0.4) is 0 Å². The molecule has 0 aromatic heterocycles. The Balaban J connectivity index is 1.87. The molecule has 1 saturated carbocycles. The maximum Gasteiger partial charge on any atom is 0.305 e. The van der Waals surface area contributed by atoms with Gasteiger partial charge in [-0.25, -0.2) is 8.78 Å². The van der Waals surface area contributed by atoms with Crippen molar-refractivity contribution in [2.24, 2.45) is 11.8 Å². The second-order valence-corrected chi connectivity index (χ2v) is 9.42. The van der Waals surface area contributed by atoms with Gasteiger partial charge < -0.3 is 9.84 Å². The van der Waals surface area contributed by atoms with Crippen molar-refractivity contribution >= 4 is 23.5 Å². The Labute approximate surface area is 170 Å². The number of unbranched alkanes of at least 4 members (excludes halogenated alkanes) is 2. The Morgan fingerprint density at radius 2 is 2.14 bits per heavy atom. The van der Waals surface area contributed by atoms with Gasteiger partial charge in [-0.2, -0.15) is 0 Å². The summed E-state index contributed by atoms with van der Waals surface area (Å²) in [5.41, 5.74) is 0. The molecule has 0 radical (unpaired) electrons. The topological polar surface area (TPSA) is 63.6 Å². The van der Waals surface area contributed by atoms with Crippen LogP contribution in [0.4, 0.5) is 8.78 Å². The van der Waals surface area contributed by atoms with E-state index < -0.39 is 10.9 Å². The minimum absolute atomic E-state index is 0.0299. The summed E-state index contributed by atoms with van der Waals surface area (Å²) in [5.74, 6) is -3.34. The molecule has 160 valence electrons. The van der Waals surface area contributed by atoms with Crippen LogP contribution in [0.25, 0.3) is 0 Å². The number of carbonyl (C=O) groups excluding carboxylic acids is 2. The van der Waals surface area contributed by atoms with Crippen LogP contribution < -0.4 is 0 Å². The number of methoxy groups -OCH3 is 1. The first-order chi connectivity index (χ1) is 13.2.